The molecule has 23 heavy (non-hydrogen) atoms. The number of fused-ring (bicyclic) bond motifs is 1. The van der Waals surface area contributed by atoms with Gasteiger partial charge in [-0.25, -0.2) is 4.79 Å². The van der Waals surface area contributed by atoms with Gasteiger partial charge in [0.15, 0.2) is 5.43 Å². The Hall–Kier alpha value is -2.59. The Balaban J connectivity index is 2.17. The van der Waals surface area contributed by atoms with Crippen LogP contribution in [-0.4, -0.2) is 15.6 Å². The number of halogens is 1. The SMILES string of the molecule is Cc1cc(=O)c2cc(C(=O)O)ccc2n1Cc1ccc(Cl)cc1. The van der Waals surface area contributed by atoms with Crippen molar-refractivity contribution in [1.29, 1.82) is 0 Å². The summed E-state index contributed by atoms with van der Waals surface area (Å²) in [7, 11) is 0. The minimum atomic E-state index is -1.05. The molecule has 0 fully saturated rings. The Bertz CT molecular complexity index is 958. The average molecular weight is 328 g/mol. The predicted octanol–water partition coefficient (Wildman–Crippen LogP) is 3.71. The number of carboxylic acid groups (broad SMARTS) is 1. The average Bonchev–Trinajstić information content (AvgIpc) is 2.52. The van der Waals surface area contributed by atoms with Crippen molar-refractivity contribution in [3.63, 3.8) is 0 Å². The molecule has 3 rings (SSSR count). The lowest BCUT2D eigenvalue weighted by atomic mass is 10.1. The number of aryl methyl sites for hydroxylation is 1. The van der Waals surface area contributed by atoms with E-state index in [1.807, 2.05) is 35.8 Å². The van der Waals surface area contributed by atoms with Crippen molar-refractivity contribution in [1.82, 2.24) is 4.57 Å². The highest BCUT2D eigenvalue weighted by Gasteiger charge is 2.10. The summed E-state index contributed by atoms with van der Waals surface area (Å²) in [5.41, 5.74) is 2.52. The normalized spacial score (nSPS) is 10.9. The topological polar surface area (TPSA) is 59.3 Å². The van der Waals surface area contributed by atoms with Gasteiger partial charge in [-0.15, -0.1) is 0 Å². The van der Waals surface area contributed by atoms with Gasteiger partial charge in [0, 0.05) is 28.7 Å². The number of pyridine rings is 1. The molecule has 5 heteroatoms. The van der Waals surface area contributed by atoms with E-state index in [1.165, 1.54) is 18.2 Å². The number of hydrogen-bond acceptors (Lipinski definition) is 2. The number of hydrogen-bond donors (Lipinski definition) is 1. The van der Waals surface area contributed by atoms with Gasteiger partial charge in [0.05, 0.1) is 11.1 Å². The maximum atomic E-state index is 12.2. The molecule has 0 unspecified atom stereocenters. The van der Waals surface area contributed by atoms with Crippen LogP contribution in [0, 0.1) is 6.92 Å². The Morgan fingerprint density at radius 1 is 1.13 bits per heavy atom. The van der Waals surface area contributed by atoms with E-state index in [0.29, 0.717) is 17.0 Å². The van der Waals surface area contributed by atoms with Crippen LogP contribution in [0.1, 0.15) is 21.6 Å². The van der Waals surface area contributed by atoms with Gasteiger partial charge in [0.2, 0.25) is 0 Å². The molecule has 4 nitrogen and oxygen atoms in total. The predicted molar refractivity (Wildman–Crippen MR) is 90.5 cm³/mol. The molecule has 0 bridgehead atoms. The first kappa shape index (κ1) is 15.3. The third-order valence-corrected chi connectivity index (χ3v) is 4.07. The van der Waals surface area contributed by atoms with E-state index >= 15 is 0 Å². The number of carbonyl (C=O) groups is 1. The van der Waals surface area contributed by atoms with E-state index in [9.17, 15) is 9.59 Å². The molecule has 3 aromatic rings. The zero-order valence-electron chi connectivity index (χ0n) is 12.4. The van der Waals surface area contributed by atoms with Crippen LogP contribution in [0.25, 0.3) is 10.9 Å². The molecule has 1 N–H and O–H groups in total. The fraction of sp³-hybridized carbons (Fsp3) is 0.111. The number of rotatable bonds is 3. The highest BCUT2D eigenvalue weighted by atomic mass is 35.5. The third kappa shape index (κ3) is 2.98. The Morgan fingerprint density at radius 2 is 1.83 bits per heavy atom. The van der Waals surface area contributed by atoms with Gasteiger partial charge in [-0.05, 0) is 42.8 Å². The molecule has 0 saturated heterocycles. The summed E-state index contributed by atoms with van der Waals surface area (Å²) in [4.78, 5) is 23.3. The monoisotopic (exact) mass is 327 g/mol. The molecule has 0 amide bonds. The molecular formula is C18H14ClNO3. The smallest absolute Gasteiger partial charge is 0.335 e. The standard InChI is InChI=1S/C18H14ClNO3/c1-11-8-17(21)15-9-13(18(22)23)4-7-16(15)20(11)10-12-2-5-14(19)6-3-12/h2-9H,10H2,1H3,(H,22,23). The van der Waals surface area contributed by atoms with Crippen LogP contribution < -0.4 is 5.43 Å². The summed E-state index contributed by atoms with van der Waals surface area (Å²) in [5, 5.41) is 10.2. The van der Waals surface area contributed by atoms with Gasteiger partial charge in [-0.1, -0.05) is 23.7 Å². The van der Waals surface area contributed by atoms with Crippen molar-refractivity contribution >= 4 is 28.5 Å². The van der Waals surface area contributed by atoms with E-state index in [4.69, 9.17) is 16.7 Å². The molecule has 0 aliphatic heterocycles. The zero-order chi connectivity index (χ0) is 16.6. The van der Waals surface area contributed by atoms with Crippen LogP contribution in [0.3, 0.4) is 0 Å². The van der Waals surface area contributed by atoms with Gasteiger partial charge in [-0.3, -0.25) is 4.79 Å². The molecule has 0 aliphatic rings. The molecule has 1 heterocycles. The van der Waals surface area contributed by atoms with Crippen molar-refractivity contribution in [3.05, 3.63) is 80.6 Å². The summed E-state index contributed by atoms with van der Waals surface area (Å²) in [6.07, 6.45) is 0. The van der Waals surface area contributed by atoms with Gasteiger partial charge in [-0.2, -0.15) is 0 Å². The van der Waals surface area contributed by atoms with Crippen LogP contribution in [-0.2, 0) is 6.54 Å². The summed E-state index contributed by atoms with van der Waals surface area (Å²) < 4.78 is 1.99. The fourth-order valence-corrected chi connectivity index (χ4v) is 2.75. The van der Waals surface area contributed by atoms with Gasteiger partial charge < -0.3 is 9.67 Å². The first-order chi connectivity index (χ1) is 11.0. The lowest BCUT2D eigenvalue weighted by Crippen LogP contribution is -2.13. The first-order valence-corrected chi connectivity index (χ1v) is 7.45. The largest absolute Gasteiger partial charge is 0.478 e. The Labute approximate surface area is 137 Å². The number of aromatic nitrogens is 1. The molecule has 0 radical (unpaired) electrons. The van der Waals surface area contributed by atoms with Gasteiger partial charge in [0.25, 0.3) is 0 Å². The van der Waals surface area contributed by atoms with Gasteiger partial charge >= 0.3 is 5.97 Å². The van der Waals surface area contributed by atoms with Crippen molar-refractivity contribution in [2.24, 2.45) is 0 Å². The lowest BCUT2D eigenvalue weighted by molar-refractivity contribution is 0.0697. The Kier molecular flexibility index (Phi) is 3.92. The molecule has 0 spiro atoms. The van der Waals surface area contributed by atoms with Crippen LogP contribution in [0.5, 0.6) is 0 Å². The zero-order valence-corrected chi connectivity index (χ0v) is 13.2. The summed E-state index contributed by atoms with van der Waals surface area (Å²) in [5.74, 6) is -1.05. The van der Waals surface area contributed by atoms with E-state index in [-0.39, 0.29) is 11.0 Å². The maximum Gasteiger partial charge on any atom is 0.335 e. The van der Waals surface area contributed by atoms with Crippen LogP contribution in [0.4, 0.5) is 0 Å². The summed E-state index contributed by atoms with van der Waals surface area (Å²) >= 11 is 5.91. The minimum Gasteiger partial charge on any atom is -0.478 e. The van der Waals surface area contributed by atoms with Crippen molar-refractivity contribution in [2.75, 3.05) is 0 Å². The second-order valence-corrected chi connectivity index (χ2v) is 5.84. The van der Waals surface area contributed by atoms with E-state index in [0.717, 1.165) is 16.8 Å². The summed E-state index contributed by atoms with van der Waals surface area (Å²) in [6, 6.07) is 13.7. The van der Waals surface area contributed by atoms with Crippen molar-refractivity contribution in [3.8, 4) is 0 Å². The Morgan fingerprint density at radius 3 is 2.48 bits per heavy atom. The number of carboxylic acids is 1. The highest BCUT2D eigenvalue weighted by molar-refractivity contribution is 6.30. The van der Waals surface area contributed by atoms with E-state index in [1.54, 1.807) is 6.07 Å². The third-order valence-electron chi connectivity index (χ3n) is 3.82. The molecule has 1 aromatic heterocycles. The number of nitrogens with zero attached hydrogens (tertiary/aromatic N) is 1. The first-order valence-electron chi connectivity index (χ1n) is 7.07. The second-order valence-electron chi connectivity index (χ2n) is 5.40. The molecular weight excluding hydrogens is 314 g/mol. The molecule has 0 saturated carbocycles. The second kappa shape index (κ2) is 5.89. The fourth-order valence-electron chi connectivity index (χ4n) is 2.62. The minimum absolute atomic E-state index is 0.108. The lowest BCUT2D eigenvalue weighted by Gasteiger charge is -2.15. The van der Waals surface area contributed by atoms with Crippen LogP contribution in [0.15, 0.2) is 53.3 Å². The van der Waals surface area contributed by atoms with E-state index in [2.05, 4.69) is 0 Å². The molecule has 0 aliphatic carbocycles. The van der Waals surface area contributed by atoms with E-state index < -0.39 is 5.97 Å². The quantitative estimate of drug-likeness (QED) is 0.797. The molecule has 0 atom stereocenters. The van der Waals surface area contributed by atoms with Crippen LogP contribution >= 0.6 is 11.6 Å². The highest BCUT2D eigenvalue weighted by Crippen LogP contribution is 2.18. The molecule has 116 valence electrons. The van der Waals surface area contributed by atoms with Crippen molar-refractivity contribution < 1.29 is 9.90 Å². The molecule has 2 aromatic carbocycles. The maximum absolute atomic E-state index is 12.2. The number of aromatic carboxylic acids is 1. The van der Waals surface area contributed by atoms with Crippen molar-refractivity contribution in [2.45, 2.75) is 13.5 Å². The van der Waals surface area contributed by atoms with Crippen LogP contribution in [0.2, 0.25) is 5.02 Å². The number of benzene rings is 2. The van der Waals surface area contributed by atoms with Gasteiger partial charge in [0.1, 0.15) is 0 Å². The summed E-state index contributed by atoms with van der Waals surface area (Å²) in [6.45, 7) is 2.44.